The first kappa shape index (κ1) is 11.2. The van der Waals surface area contributed by atoms with Crippen LogP contribution in [-0.2, 0) is 0 Å². The fourth-order valence-corrected chi connectivity index (χ4v) is 7.90. The van der Waals surface area contributed by atoms with E-state index in [0.29, 0.717) is 0 Å². The molecular weight excluding hydrogens is 176 g/mol. The van der Waals surface area contributed by atoms with Gasteiger partial charge in [-0.2, -0.15) is 0 Å². The van der Waals surface area contributed by atoms with Gasteiger partial charge >= 0.3 is 0 Å². The number of nitrogens with one attached hydrogen (secondary N) is 2. The van der Waals surface area contributed by atoms with Gasteiger partial charge in [0.2, 0.25) is 8.40 Å². The quantitative estimate of drug-likeness (QED) is 0.683. The standard InChI is InChI=1S/C10H24N2Si/c1-5-10-8-6-7-9(2)13(10,11-3)12-4/h9-12H,5-8H2,1-4H3. The van der Waals surface area contributed by atoms with E-state index in [2.05, 4.69) is 37.9 Å². The summed E-state index contributed by atoms with van der Waals surface area (Å²) >= 11 is 0. The third kappa shape index (κ3) is 1.83. The molecule has 1 saturated heterocycles. The van der Waals surface area contributed by atoms with Crippen LogP contribution in [-0.4, -0.2) is 22.5 Å². The van der Waals surface area contributed by atoms with E-state index in [0.717, 1.165) is 11.1 Å². The van der Waals surface area contributed by atoms with Crippen molar-refractivity contribution < 1.29 is 0 Å². The van der Waals surface area contributed by atoms with Gasteiger partial charge in [-0.05, 0) is 25.2 Å². The van der Waals surface area contributed by atoms with Crippen molar-refractivity contribution in [2.75, 3.05) is 14.1 Å². The Morgan fingerprint density at radius 1 is 1.23 bits per heavy atom. The van der Waals surface area contributed by atoms with Crippen molar-refractivity contribution in [3.05, 3.63) is 0 Å². The van der Waals surface area contributed by atoms with Gasteiger partial charge in [-0.1, -0.05) is 39.5 Å². The molecule has 0 aromatic heterocycles. The summed E-state index contributed by atoms with van der Waals surface area (Å²) < 4.78 is 0. The molecule has 2 nitrogen and oxygen atoms in total. The van der Waals surface area contributed by atoms with Crippen LogP contribution in [0.15, 0.2) is 0 Å². The zero-order chi connectivity index (χ0) is 9.90. The summed E-state index contributed by atoms with van der Waals surface area (Å²) in [6.07, 6.45) is 5.59. The lowest BCUT2D eigenvalue weighted by molar-refractivity contribution is 0.518. The molecule has 0 amide bonds. The van der Waals surface area contributed by atoms with E-state index in [9.17, 15) is 0 Å². The lowest BCUT2D eigenvalue weighted by Crippen LogP contribution is -2.66. The van der Waals surface area contributed by atoms with E-state index in [4.69, 9.17) is 0 Å². The number of rotatable bonds is 3. The Morgan fingerprint density at radius 3 is 2.23 bits per heavy atom. The van der Waals surface area contributed by atoms with Gasteiger partial charge < -0.3 is 9.96 Å². The normalized spacial score (nSPS) is 33.2. The van der Waals surface area contributed by atoms with Crippen molar-refractivity contribution in [1.82, 2.24) is 9.96 Å². The van der Waals surface area contributed by atoms with Crippen LogP contribution in [0.1, 0.15) is 39.5 Å². The molecule has 0 saturated carbocycles. The number of hydrogen-bond donors (Lipinski definition) is 2. The molecule has 78 valence electrons. The molecule has 1 aliphatic rings. The van der Waals surface area contributed by atoms with E-state index in [1.807, 2.05) is 0 Å². The predicted molar refractivity (Wildman–Crippen MR) is 61.2 cm³/mol. The minimum Gasteiger partial charge on any atom is -0.328 e. The highest BCUT2D eigenvalue weighted by Crippen LogP contribution is 2.42. The maximum absolute atomic E-state index is 3.65. The molecule has 0 aromatic rings. The lowest BCUT2D eigenvalue weighted by Gasteiger charge is -2.45. The van der Waals surface area contributed by atoms with Gasteiger partial charge in [-0.15, -0.1) is 0 Å². The van der Waals surface area contributed by atoms with Crippen molar-refractivity contribution in [1.29, 1.82) is 0 Å². The molecule has 13 heavy (non-hydrogen) atoms. The van der Waals surface area contributed by atoms with Crippen LogP contribution in [0.3, 0.4) is 0 Å². The maximum Gasteiger partial charge on any atom is 0.207 e. The highest BCUT2D eigenvalue weighted by molar-refractivity contribution is 6.77. The van der Waals surface area contributed by atoms with Crippen molar-refractivity contribution in [2.24, 2.45) is 0 Å². The molecule has 1 aliphatic heterocycles. The summed E-state index contributed by atoms with van der Waals surface area (Å²) in [6, 6.07) is 0. The molecule has 3 heteroatoms. The van der Waals surface area contributed by atoms with Crippen LogP contribution in [0, 0.1) is 0 Å². The Balaban J connectivity index is 2.81. The predicted octanol–water partition coefficient (Wildman–Crippen LogP) is 2.22. The van der Waals surface area contributed by atoms with Crippen LogP contribution in [0.5, 0.6) is 0 Å². The van der Waals surface area contributed by atoms with Crippen LogP contribution in [0.25, 0.3) is 0 Å². The average molecular weight is 200 g/mol. The Kier molecular flexibility index (Phi) is 3.95. The average Bonchev–Trinajstić information content (AvgIpc) is 2.18. The van der Waals surface area contributed by atoms with E-state index in [-0.39, 0.29) is 0 Å². The second kappa shape index (κ2) is 4.58. The maximum atomic E-state index is 3.65. The molecule has 1 fully saturated rings. The van der Waals surface area contributed by atoms with Crippen molar-refractivity contribution in [2.45, 2.75) is 50.6 Å². The molecule has 2 unspecified atom stereocenters. The van der Waals surface area contributed by atoms with Gasteiger partial charge in [-0.25, -0.2) is 0 Å². The van der Waals surface area contributed by atoms with Crippen molar-refractivity contribution in [3.63, 3.8) is 0 Å². The SMILES string of the molecule is CCC1CCCC(C)[Si]1(NC)NC. The second-order valence-electron chi connectivity index (χ2n) is 4.31. The third-order valence-electron chi connectivity index (χ3n) is 3.93. The highest BCUT2D eigenvalue weighted by atomic mass is 28.3. The van der Waals surface area contributed by atoms with E-state index >= 15 is 0 Å². The van der Waals surface area contributed by atoms with Gasteiger partial charge in [0, 0.05) is 0 Å². The highest BCUT2D eigenvalue weighted by Gasteiger charge is 2.45. The molecule has 0 aromatic carbocycles. The summed E-state index contributed by atoms with van der Waals surface area (Å²) in [5.41, 5.74) is 1.80. The van der Waals surface area contributed by atoms with Gasteiger partial charge in [0.05, 0.1) is 0 Å². The molecule has 0 bridgehead atoms. The minimum absolute atomic E-state index is 0.876. The fraction of sp³-hybridized carbons (Fsp3) is 1.00. The molecule has 2 atom stereocenters. The van der Waals surface area contributed by atoms with E-state index < -0.39 is 8.40 Å². The molecular formula is C10H24N2Si. The summed E-state index contributed by atoms with van der Waals surface area (Å²) in [5.74, 6) is 0. The Labute approximate surface area is 83.7 Å². The second-order valence-corrected chi connectivity index (χ2v) is 8.85. The molecule has 2 N–H and O–H groups in total. The van der Waals surface area contributed by atoms with Crippen LogP contribution >= 0.6 is 0 Å². The molecule has 0 aliphatic carbocycles. The van der Waals surface area contributed by atoms with E-state index in [1.54, 1.807) is 0 Å². The summed E-state index contributed by atoms with van der Waals surface area (Å²) in [5, 5.41) is 0. The monoisotopic (exact) mass is 200 g/mol. The van der Waals surface area contributed by atoms with Gasteiger partial charge in [-0.3, -0.25) is 0 Å². The zero-order valence-corrected chi connectivity index (χ0v) is 10.5. The summed E-state index contributed by atoms with van der Waals surface area (Å²) in [6.45, 7) is 4.75. The largest absolute Gasteiger partial charge is 0.328 e. The van der Waals surface area contributed by atoms with Gasteiger partial charge in [0.25, 0.3) is 0 Å². The molecule has 0 radical (unpaired) electrons. The molecule has 0 spiro atoms. The summed E-state index contributed by atoms with van der Waals surface area (Å²) in [4.78, 5) is 7.29. The topological polar surface area (TPSA) is 24.1 Å². The van der Waals surface area contributed by atoms with Gasteiger partial charge in [0.1, 0.15) is 0 Å². The lowest BCUT2D eigenvalue weighted by atomic mass is 10.1. The third-order valence-corrected chi connectivity index (χ3v) is 9.41. The smallest absolute Gasteiger partial charge is 0.207 e. The zero-order valence-electron chi connectivity index (χ0n) is 9.48. The Bertz CT molecular complexity index is 157. The minimum atomic E-state index is -1.36. The van der Waals surface area contributed by atoms with Crippen molar-refractivity contribution >= 4 is 8.40 Å². The van der Waals surface area contributed by atoms with Crippen LogP contribution < -0.4 is 9.96 Å². The summed E-state index contributed by atoms with van der Waals surface area (Å²) in [7, 11) is 2.93. The van der Waals surface area contributed by atoms with Crippen LogP contribution in [0.4, 0.5) is 0 Å². The molecule has 1 heterocycles. The van der Waals surface area contributed by atoms with Gasteiger partial charge in [0.15, 0.2) is 0 Å². The first-order chi connectivity index (χ1) is 6.21. The first-order valence-electron chi connectivity index (χ1n) is 5.59. The number of hydrogen-bond acceptors (Lipinski definition) is 2. The fourth-order valence-electron chi connectivity index (χ4n) is 3.08. The van der Waals surface area contributed by atoms with E-state index in [1.165, 1.54) is 25.7 Å². The Hall–Kier alpha value is 0.137. The van der Waals surface area contributed by atoms with Crippen molar-refractivity contribution in [3.8, 4) is 0 Å². The first-order valence-corrected chi connectivity index (χ1v) is 7.74. The Morgan fingerprint density at radius 2 is 1.85 bits per heavy atom. The van der Waals surface area contributed by atoms with Crippen LogP contribution in [0.2, 0.25) is 11.1 Å². The molecule has 1 rings (SSSR count).